The van der Waals surface area contributed by atoms with Gasteiger partial charge in [-0.2, -0.15) is 0 Å². The van der Waals surface area contributed by atoms with Crippen LogP contribution in [0.15, 0.2) is 24.3 Å². The van der Waals surface area contributed by atoms with Crippen molar-refractivity contribution in [3.8, 4) is 10.6 Å². The van der Waals surface area contributed by atoms with Crippen molar-refractivity contribution in [1.82, 2.24) is 15.1 Å². The number of carbonyl (C=O) groups excluding carboxylic acids is 2. The molecule has 1 fully saturated rings. The fourth-order valence-electron chi connectivity index (χ4n) is 4.15. The second-order valence-corrected chi connectivity index (χ2v) is 10.6. The molecule has 0 spiro atoms. The SMILES string of the molecule is Cc1ccc(-c2nnc(NC(=O)[C@H]3CCCN3C(=O)C[C@H](C)CC(C)(C)C)s2)cc1. The monoisotopic (exact) mass is 428 g/mol. The number of aromatic nitrogens is 2. The molecule has 0 radical (unpaired) electrons. The van der Waals surface area contributed by atoms with Crippen molar-refractivity contribution in [3.05, 3.63) is 29.8 Å². The van der Waals surface area contributed by atoms with Crippen LogP contribution in [0.1, 0.15) is 58.9 Å². The van der Waals surface area contributed by atoms with Crippen molar-refractivity contribution in [3.63, 3.8) is 0 Å². The topological polar surface area (TPSA) is 75.2 Å². The third-order valence-electron chi connectivity index (χ3n) is 5.31. The Labute approximate surface area is 183 Å². The number of nitrogens with one attached hydrogen (secondary N) is 1. The van der Waals surface area contributed by atoms with Crippen LogP contribution in [0, 0.1) is 18.3 Å². The third kappa shape index (κ3) is 5.88. The number of amides is 2. The minimum atomic E-state index is -0.425. The van der Waals surface area contributed by atoms with Crippen molar-refractivity contribution < 1.29 is 9.59 Å². The van der Waals surface area contributed by atoms with E-state index in [1.54, 1.807) is 4.90 Å². The summed E-state index contributed by atoms with van der Waals surface area (Å²) < 4.78 is 0. The van der Waals surface area contributed by atoms with E-state index < -0.39 is 6.04 Å². The van der Waals surface area contributed by atoms with Gasteiger partial charge < -0.3 is 4.90 Å². The first-order chi connectivity index (χ1) is 14.1. The number of aryl methyl sites for hydroxylation is 1. The van der Waals surface area contributed by atoms with Crippen LogP contribution in [0.4, 0.5) is 5.13 Å². The molecule has 2 amide bonds. The number of carbonyl (C=O) groups is 2. The van der Waals surface area contributed by atoms with Crippen molar-refractivity contribution in [1.29, 1.82) is 0 Å². The van der Waals surface area contributed by atoms with Crippen LogP contribution in [0.3, 0.4) is 0 Å². The van der Waals surface area contributed by atoms with Crippen LogP contribution in [-0.4, -0.2) is 39.5 Å². The summed E-state index contributed by atoms with van der Waals surface area (Å²) in [6.07, 6.45) is 3.00. The molecule has 2 atom stereocenters. The molecule has 30 heavy (non-hydrogen) atoms. The van der Waals surface area contributed by atoms with Crippen molar-refractivity contribution in [2.45, 2.75) is 66.3 Å². The Hall–Kier alpha value is -2.28. The molecule has 6 nitrogen and oxygen atoms in total. The minimum Gasteiger partial charge on any atom is -0.331 e. The number of hydrogen-bond acceptors (Lipinski definition) is 5. The first-order valence-electron chi connectivity index (χ1n) is 10.6. The van der Waals surface area contributed by atoms with Crippen molar-refractivity contribution in [2.75, 3.05) is 11.9 Å². The zero-order valence-electron chi connectivity index (χ0n) is 18.6. The highest BCUT2D eigenvalue weighted by molar-refractivity contribution is 7.18. The van der Waals surface area contributed by atoms with Gasteiger partial charge in [0.25, 0.3) is 0 Å². The molecular weight excluding hydrogens is 396 g/mol. The third-order valence-corrected chi connectivity index (χ3v) is 6.20. The molecule has 1 aliphatic rings. The van der Waals surface area contributed by atoms with Crippen LogP contribution in [0.5, 0.6) is 0 Å². The molecule has 3 rings (SSSR count). The van der Waals surface area contributed by atoms with E-state index in [9.17, 15) is 9.59 Å². The maximum Gasteiger partial charge on any atom is 0.249 e. The standard InChI is InChI=1S/C23H32N4O2S/c1-15-8-10-17(11-9-15)21-25-26-22(30-21)24-20(29)18-7-6-12-27(18)19(28)13-16(2)14-23(3,4)5/h8-11,16,18H,6-7,12-14H2,1-5H3,(H,24,26,29)/t16-,18+/m0/s1. The first-order valence-corrected chi connectivity index (χ1v) is 11.4. The van der Waals surface area contributed by atoms with Gasteiger partial charge >= 0.3 is 0 Å². The summed E-state index contributed by atoms with van der Waals surface area (Å²) in [6, 6.07) is 7.62. The Balaban J connectivity index is 1.60. The highest BCUT2D eigenvalue weighted by atomic mass is 32.1. The molecule has 2 heterocycles. The van der Waals surface area contributed by atoms with Gasteiger partial charge in [0.05, 0.1) is 0 Å². The molecule has 0 aliphatic carbocycles. The highest BCUT2D eigenvalue weighted by Crippen LogP contribution is 2.29. The number of benzene rings is 1. The summed E-state index contributed by atoms with van der Waals surface area (Å²) in [5, 5.41) is 12.4. The number of rotatable bonds is 6. The van der Waals surface area contributed by atoms with E-state index >= 15 is 0 Å². The van der Waals surface area contributed by atoms with Gasteiger partial charge in [-0.05, 0) is 37.5 Å². The van der Waals surface area contributed by atoms with Crippen LogP contribution in [0.25, 0.3) is 10.6 Å². The summed E-state index contributed by atoms with van der Waals surface area (Å²) in [6.45, 7) is 11.4. The van der Waals surface area contributed by atoms with Gasteiger partial charge in [0.15, 0.2) is 0 Å². The fraction of sp³-hybridized carbons (Fsp3) is 0.565. The van der Waals surface area contributed by atoms with E-state index in [0.717, 1.165) is 23.4 Å². The normalized spacial score (nSPS) is 17.8. The second kappa shape index (κ2) is 9.25. The van der Waals surface area contributed by atoms with Gasteiger partial charge in [0.2, 0.25) is 16.9 Å². The van der Waals surface area contributed by atoms with E-state index in [-0.39, 0.29) is 17.2 Å². The molecule has 1 aromatic heterocycles. The highest BCUT2D eigenvalue weighted by Gasteiger charge is 2.35. The molecule has 1 aromatic carbocycles. The molecular formula is C23H32N4O2S. The van der Waals surface area contributed by atoms with Gasteiger partial charge in [-0.3, -0.25) is 14.9 Å². The lowest BCUT2D eigenvalue weighted by atomic mass is 9.84. The Bertz CT molecular complexity index is 885. The average Bonchev–Trinajstić information content (AvgIpc) is 3.30. The number of likely N-dealkylation sites (tertiary alicyclic amines) is 1. The lowest BCUT2D eigenvalue weighted by Crippen LogP contribution is -2.43. The summed E-state index contributed by atoms with van der Waals surface area (Å²) in [5.41, 5.74) is 2.35. The van der Waals surface area contributed by atoms with Gasteiger partial charge in [-0.25, -0.2) is 0 Å². The minimum absolute atomic E-state index is 0.0713. The lowest BCUT2D eigenvalue weighted by Gasteiger charge is -2.27. The summed E-state index contributed by atoms with van der Waals surface area (Å²) in [4.78, 5) is 27.5. The summed E-state index contributed by atoms with van der Waals surface area (Å²) in [7, 11) is 0. The van der Waals surface area contributed by atoms with Crippen molar-refractivity contribution in [2.24, 2.45) is 11.3 Å². The second-order valence-electron chi connectivity index (χ2n) is 9.59. The van der Waals surface area contributed by atoms with Crippen LogP contribution >= 0.6 is 11.3 Å². The molecule has 0 unspecified atom stereocenters. The smallest absolute Gasteiger partial charge is 0.249 e. The van der Waals surface area contributed by atoms with Crippen LogP contribution < -0.4 is 5.32 Å². The Kier molecular flexibility index (Phi) is 6.91. The molecule has 0 saturated carbocycles. The van der Waals surface area contributed by atoms with E-state index in [1.807, 2.05) is 31.2 Å². The number of nitrogens with zero attached hydrogens (tertiary/aromatic N) is 3. The maximum absolute atomic E-state index is 12.9. The quantitative estimate of drug-likeness (QED) is 0.710. The summed E-state index contributed by atoms with van der Waals surface area (Å²) >= 11 is 1.35. The zero-order valence-corrected chi connectivity index (χ0v) is 19.4. The van der Waals surface area contributed by atoms with E-state index in [0.29, 0.717) is 30.4 Å². The van der Waals surface area contributed by atoms with Crippen LogP contribution in [0.2, 0.25) is 0 Å². The number of anilines is 1. The zero-order chi connectivity index (χ0) is 21.9. The average molecular weight is 429 g/mol. The molecule has 162 valence electrons. The largest absolute Gasteiger partial charge is 0.331 e. The van der Waals surface area contributed by atoms with E-state index in [2.05, 4.69) is 43.2 Å². The molecule has 1 aliphatic heterocycles. The van der Waals surface area contributed by atoms with E-state index in [4.69, 9.17) is 0 Å². The van der Waals surface area contributed by atoms with Gasteiger partial charge in [-0.1, -0.05) is 68.9 Å². The molecule has 2 aromatic rings. The Morgan fingerprint density at radius 1 is 1.23 bits per heavy atom. The van der Waals surface area contributed by atoms with Crippen molar-refractivity contribution >= 4 is 28.3 Å². The molecule has 7 heteroatoms. The predicted molar refractivity (Wildman–Crippen MR) is 121 cm³/mol. The molecule has 1 saturated heterocycles. The maximum atomic E-state index is 12.9. The lowest BCUT2D eigenvalue weighted by molar-refractivity contribution is -0.137. The van der Waals surface area contributed by atoms with Gasteiger partial charge in [0.1, 0.15) is 11.0 Å². The number of hydrogen-bond donors (Lipinski definition) is 1. The van der Waals surface area contributed by atoms with Gasteiger partial charge in [-0.15, -0.1) is 10.2 Å². The predicted octanol–water partition coefficient (Wildman–Crippen LogP) is 4.91. The Morgan fingerprint density at radius 2 is 1.93 bits per heavy atom. The van der Waals surface area contributed by atoms with E-state index in [1.165, 1.54) is 16.9 Å². The molecule has 0 bridgehead atoms. The molecule has 1 N–H and O–H groups in total. The van der Waals surface area contributed by atoms with Gasteiger partial charge in [0, 0.05) is 18.5 Å². The summed E-state index contributed by atoms with van der Waals surface area (Å²) in [5.74, 6) is 0.194. The first kappa shape index (κ1) is 22.4. The van der Waals surface area contributed by atoms with Crippen LogP contribution in [-0.2, 0) is 9.59 Å². The Morgan fingerprint density at radius 3 is 2.60 bits per heavy atom. The fourth-order valence-corrected chi connectivity index (χ4v) is 4.90.